The third-order valence-electron chi connectivity index (χ3n) is 3.54. The lowest BCUT2D eigenvalue weighted by Gasteiger charge is -2.26. The predicted octanol–water partition coefficient (Wildman–Crippen LogP) is 0.228. The normalized spacial score (nSPS) is 36.0. The molecule has 2 unspecified atom stereocenters. The molecule has 82 valence electrons. The van der Waals surface area contributed by atoms with E-state index in [9.17, 15) is 0 Å². The highest BCUT2D eigenvalue weighted by Crippen LogP contribution is 2.39. The summed E-state index contributed by atoms with van der Waals surface area (Å²) in [6, 6.07) is 0.624. The van der Waals surface area contributed by atoms with Crippen molar-refractivity contribution in [3.05, 3.63) is 12.2 Å². The summed E-state index contributed by atoms with van der Waals surface area (Å²) in [5.74, 6) is 0.995. The number of rotatable bonds is 2. The van der Waals surface area contributed by atoms with Gasteiger partial charge in [-0.15, -0.1) is 10.2 Å². The van der Waals surface area contributed by atoms with Crippen LogP contribution in [0.15, 0.2) is 6.33 Å². The number of nitrogens with two attached hydrogens (primary N) is 1. The van der Waals surface area contributed by atoms with Crippen LogP contribution in [0.2, 0.25) is 0 Å². The standard InChI is InChI=1S/C10H16N4O/c1-10(5-15-4-8(10)11)9-13-12-6-14(9)7-2-3-7/h6-8H,2-5,11H2,1H3. The lowest BCUT2D eigenvalue weighted by atomic mass is 9.85. The maximum atomic E-state index is 6.09. The number of ether oxygens (including phenoxy) is 1. The van der Waals surface area contributed by atoms with Crippen molar-refractivity contribution in [1.82, 2.24) is 14.8 Å². The Balaban J connectivity index is 2.00. The highest BCUT2D eigenvalue weighted by atomic mass is 16.5. The molecule has 2 atom stereocenters. The fraction of sp³-hybridized carbons (Fsp3) is 0.800. The summed E-state index contributed by atoms with van der Waals surface area (Å²) in [5, 5.41) is 8.24. The molecule has 1 aliphatic heterocycles. The van der Waals surface area contributed by atoms with E-state index in [-0.39, 0.29) is 11.5 Å². The van der Waals surface area contributed by atoms with E-state index in [0.717, 1.165) is 5.82 Å². The Morgan fingerprint density at radius 1 is 1.60 bits per heavy atom. The van der Waals surface area contributed by atoms with Gasteiger partial charge < -0.3 is 15.0 Å². The number of nitrogens with zero attached hydrogens (tertiary/aromatic N) is 3. The SMILES string of the molecule is CC1(c2nncn2C2CC2)COCC1N. The molecule has 0 bridgehead atoms. The Morgan fingerprint density at radius 3 is 3.00 bits per heavy atom. The average Bonchev–Trinajstić information content (AvgIpc) is 2.84. The lowest BCUT2D eigenvalue weighted by molar-refractivity contribution is 0.177. The number of aromatic nitrogens is 3. The number of hydrogen-bond donors (Lipinski definition) is 1. The van der Waals surface area contributed by atoms with Crippen molar-refractivity contribution in [3.8, 4) is 0 Å². The first-order valence-electron chi connectivity index (χ1n) is 5.45. The Bertz CT molecular complexity index is 373. The van der Waals surface area contributed by atoms with E-state index in [1.165, 1.54) is 12.8 Å². The van der Waals surface area contributed by atoms with Crippen LogP contribution in [0.1, 0.15) is 31.6 Å². The maximum Gasteiger partial charge on any atom is 0.143 e. The summed E-state index contributed by atoms with van der Waals surface area (Å²) in [4.78, 5) is 0. The zero-order chi connectivity index (χ0) is 10.5. The van der Waals surface area contributed by atoms with E-state index in [0.29, 0.717) is 19.3 Å². The number of hydrogen-bond acceptors (Lipinski definition) is 4. The summed E-state index contributed by atoms with van der Waals surface area (Å²) < 4.78 is 7.62. The first-order valence-corrected chi connectivity index (χ1v) is 5.45. The molecule has 0 radical (unpaired) electrons. The largest absolute Gasteiger partial charge is 0.379 e. The Kier molecular flexibility index (Phi) is 1.87. The first kappa shape index (κ1) is 9.30. The second-order valence-corrected chi connectivity index (χ2v) is 4.83. The second kappa shape index (κ2) is 3.02. The van der Waals surface area contributed by atoms with Crippen molar-refractivity contribution in [2.45, 2.75) is 37.3 Å². The molecule has 15 heavy (non-hydrogen) atoms. The van der Waals surface area contributed by atoms with E-state index in [1.54, 1.807) is 0 Å². The van der Waals surface area contributed by atoms with Gasteiger partial charge in [0.15, 0.2) is 0 Å². The van der Waals surface area contributed by atoms with Crippen molar-refractivity contribution >= 4 is 0 Å². The summed E-state index contributed by atoms with van der Waals surface area (Å²) in [6.45, 7) is 3.39. The summed E-state index contributed by atoms with van der Waals surface area (Å²) in [5.41, 5.74) is 5.92. The van der Waals surface area contributed by atoms with Crippen LogP contribution in [0.5, 0.6) is 0 Å². The smallest absolute Gasteiger partial charge is 0.143 e. The molecule has 5 nitrogen and oxygen atoms in total. The van der Waals surface area contributed by atoms with Crippen molar-refractivity contribution in [2.24, 2.45) is 5.73 Å². The van der Waals surface area contributed by atoms with Crippen LogP contribution in [-0.4, -0.2) is 34.0 Å². The van der Waals surface area contributed by atoms with Gasteiger partial charge in [-0.05, 0) is 19.8 Å². The van der Waals surface area contributed by atoms with Gasteiger partial charge in [-0.25, -0.2) is 0 Å². The van der Waals surface area contributed by atoms with Crippen LogP contribution in [0.3, 0.4) is 0 Å². The van der Waals surface area contributed by atoms with Gasteiger partial charge in [-0.3, -0.25) is 0 Å². The molecule has 5 heteroatoms. The Morgan fingerprint density at radius 2 is 2.40 bits per heavy atom. The molecule has 0 aromatic carbocycles. The van der Waals surface area contributed by atoms with Gasteiger partial charge in [0.2, 0.25) is 0 Å². The molecule has 1 aliphatic carbocycles. The molecule has 1 saturated heterocycles. The van der Waals surface area contributed by atoms with Crippen molar-refractivity contribution in [3.63, 3.8) is 0 Å². The topological polar surface area (TPSA) is 66.0 Å². The van der Waals surface area contributed by atoms with Gasteiger partial charge in [0.25, 0.3) is 0 Å². The summed E-state index contributed by atoms with van der Waals surface area (Å²) >= 11 is 0. The van der Waals surface area contributed by atoms with Gasteiger partial charge in [-0.2, -0.15) is 0 Å². The fourth-order valence-electron chi connectivity index (χ4n) is 2.19. The summed E-state index contributed by atoms with van der Waals surface area (Å²) in [7, 11) is 0. The van der Waals surface area contributed by atoms with Gasteiger partial charge >= 0.3 is 0 Å². The van der Waals surface area contributed by atoms with E-state index in [1.807, 2.05) is 6.33 Å². The van der Waals surface area contributed by atoms with Gasteiger partial charge in [-0.1, -0.05) is 0 Å². The molecule has 0 amide bonds. The third-order valence-corrected chi connectivity index (χ3v) is 3.54. The van der Waals surface area contributed by atoms with E-state index < -0.39 is 0 Å². The minimum atomic E-state index is -0.168. The molecule has 2 heterocycles. The molecular weight excluding hydrogens is 192 g/mol. The average molecular weight is 208 g/mol. The molecular formula is C10H16N4O. The molecule has 1 aromatic heterocycles. The van der Waals surface area contributed by atoms with Crippen LogP contribution in [0.4, 0.5) is 0 Å². The Hall–Kier alpha value is -0.940. The van der Waals surface area contributed by atoms with Crippen molar-refractivity contribution in [2.75, 3.05) is 13.2 Å². The van der Waals surface area contributed by atoms with E-state index in [4.69, 9.17) is 10.5 Å². The van der Waals surface area contributed by atoms with Crippen molar-refractivity contribution in [1.29, 1.82) is 0 Å². The molecule has 3 rings (SSSR count). The molecule has 2 N–H and O–H groups in total. The van der Waals surface area contributed by atoms with E-state index in [2.05, 4.69) is 21.7 Å². The van der Waals surface area contributed by atoms with Crippen LogP contribution in [0, 0.1) is 0 Å². The zero-order valence-electron chi connectivity index (χ0n) is 8.89. The van der Waals surface area contributed by atoms with Crippen LogP contribution >= 0.6 is 0 Å². The lowest BCUT2D eigenvalue weighted by Crippen LogP contribution is -2.43. The quantitative estimate of drug-likeness (QED) is 0.755. The van der Waals surface area contributed by atoms with Gasteiger partial charge in [0, 0.05) is 12.1 Å². The zero-order valence-corrected chi connectivity index (χ0v) is 8.89. The highest BCUT2D eigenvalue weighted by molar-refractivity contribution is 5.15. The molecule has 1 saturated carbocycles. The third kappa shape index (κ3) is 1.30. The Labute approximate surface area is 88.6 Å². The highest BCUT2D eigenvalue weighted by Gasteiger charge is 2.44. The molecule has 0 spiro atoms. The monoisotopic (exact) mass is 208 g/mol. The second-order valence-electron chi connectivity index (χ2n) is 4.83. The van der Waals surface area contributed by atoms with E-state index >= 15 is 0 Å². The minimum Gasteiger partial charge on any atom is -0.379 e. The van der Waals surface area contributed by atoms with Crippen molar-refractivity contribution < 1.29 is 4.74 Å². The van der Waals surface area contributed by atoms with Gasteiger partial charge in [0.1, 0.15) is 12.2 Å². The minimum absolute atomic E-state index is 0.0270. The first-order chi connectivity index (χ1) is 7.22. The maximum absolute atomic E-state index is 6.09. The van der Waals surface area contributed by atoms with Crippen LogP contribution in [-0.2, 0) is 10.2 Å². The molecule has 1 aromatic rings. The molecule has 2 fully saturated rings. The van der Waals surface area contributed by atoms with Crippen LogP contribution < -0.4 is 5.73 Å². The summed E-state index contributed by atoms with van der Waals surface area (Å²) in [6.07, 6.45) is 4.29. The van der Waals surface area contributed by atoms with Crippen LogP contribution in [0.25, 0.3) is 0 Å². The van der Waals surface area contributed by atoms with Gasteiger partial charge in [0.05, 0.1) is 18.6 Å². The predicted molar refractivity (Wildman–Crippen MR) is 54.4 cm³/mol. The fourth-order valence-corrected chi connectivity index (χ4v) is 2.19. The molecule has 2 aliphatic rings.